The second-order valence-electron chi connectivity index (χ2n) is 5.34. The maximum atomic E-state index is 11.4. The van der Waals surface area contributed by atoms with Gasteiger partial charge in [-0.2, -0.15) is 0 Å². The Hall–Kier alpha value is -2.10. The van der Waals surface area contributed by atoms with E-state index in [1.807, 2.05) is 31.6 Å². The summed E-state index contributed by atoms with van der Waals surface area (Å²) < 4.78 is 2.07. The van der Waals surface area contributed by atoms with Gasteiger partial charge in [0, 0.05) is 50.2 Å². The van der Waals surface area contributed by atoms with E-state index in [-0.39, 0.29) is 5.78 Å². The maximum absolute atomic E-state index is 11.4. The summed E-state index contributed by atoms with van der Waals surface area (Å²) in [5.74, 6) is 1.25. The van der Waals surface area contributed by atoms with E-state index in [4.69, 9.17) is 0 Å². The second kappa shape index (κ2) is 5.12. The number of aromatic nitrogens is 2. The minimum Gasteiger partial charge on any atom is -0.371 e. The van der Waals surface area contributed by atoms with E-state index < -0.39 is 0 Å². The smallest absolute Gasteiger partial charge is 0.159 e. The molecule has 1 aliphatic rings. The molecule has 0 spiro atoms. The lowest BCUT2D eigenvalue weighted by atomic mass is 10.1. The van der Waals surface area contributed by atoms with Gasteiger partial charge in [0.2, 0.25) is 0 Å². The van der Waals surface area contributed by atoms with Crippen molar-refractivity contribution in [1.82, 2.24) is 9.55 Å². The first kappa shape index (κ1) is 12.9. The highest BCUT2D eigenvalue weighted by molar-refractivity contribution is 5.94. The van der Waals surface area contributed by atoms with Crippen LogP contribution in [0.15, 0.2) is 30.6 Å². The standard InChI is InChI=1S/C16H19N3O/c1-12(20)13-3-4-15-14(11-13)5-8-19(15)9-6-16-17-7-10-18(16)2/h3-4,7,10-11H,5-6,8-9H2,1-2H3. The van der Waals surface area contributed by atoms with Crippen molar-refractivity contribution in [3.63, 3.8) is 0 Å². The molecule has 1 aliphatic heterocycles. The summed E-state index contributed by atoms with van der Waals surface area (Å²) in [5.41, 5.74) is 3.37. The van der Waals surface area contributed by atoms with Crippen LogP contribution in [-0.2, 0) is 19.9 Å². The molecule has 4 nitrogen and oxygen atoms in total. The largest absolute Gasteiger partial charge is 0.371 e. The van der Waals surface area contributed by atoms with Crippen LogP contribution in [0.5, 0.6) is 0 Å². The predicted molar refractivity (Wildman–Crippen MR) is 79.3 cm³/mol. The summed E-state index contributed by atoms with van der Waals surface area (Å²) in [6, 6.07) is 6.05. The Labute approximate surface area is 119 Å². The third-order valence-electron chi connectivity index (χ3n) is 4.00. The predicted octanol–water partition coefficient (Wildman–Crippen LogP) is 2.23. The number of carbonyl (C=O) groups excluding carboxylic acids is 1. The van der Waals surface area contributed by atoms with Gasteiger partial charge < -0.3 is 9.47 Å². The molecule has 2 aromatic rings. The van der Waals surface area contributed by atoms with Crippen LogP contribution in [0.25, 0.3) is 0 Å². The molecular formula is C16H19N3O. The number of hydrogen-bond acceptors (Lipinski definition) is 3. The van der Waals surface area contributed by atoms with Crippen molar-refractivity contribution < 1.29 is 4.79 Å². The number of benzene rings is 1. The van der Waals surface area contributed by atoms with Gasteiger partial charge in [-0.3, -0.25) is 4.79 Å². The van der Waals surface area contributed by atoms with E-state index in [0.717, 1.165) is 37.3 Å². The zero-order valence-corrected chi connectivity index (χ0v) is 12.0. The molecule has 20 heavy (non-hydrogen) atoms. The van der Waals surface area contributed by atoms with E-state index in [2.05, 4.69) is 20.5 Å². The number of fused-ring (bicyclic) bond motifs is 1. The lowest BCUT2D eigenvalue weighted by molar-refractivity contribution is 0.101. The minimum absolute atomic E-state index is 0.138. The molecule has 0 radical (unpaired) electrons. The van der Waals surface area contributed by atoms with Crippen molar-refractivity contribution in [2.75, 3.05) is 18.0 Å². The highest BCUT2D eigenvalue weighted by Crippen LogP contribution is 2.29. The van der Waals surface area contributed by atoms with Crippen molar-refractivity contribution in [2.24, 2.45) is 7.05 Å². The summed E-state index contributed by atoms with van der Waals surface area (Å²) in [7, 11) is 2.03. The normalized spacial score (nSPS) is 13.6. The van der Waals surface area contributed by atoms with Crippen LogP contribution in [0.4, 0.5) is 5.69 Å². The molecule has 0 amide bonds. The summed E-state index contributed by atoms with van der Waals surface area (Å²) in [6.45, 7) is 3.62. The highest BCUT2D eigenvalue weighted by atomic mass is 16.1. The summed E-state index contributed by atoms with van der Waals surface area (Å²) in [6.07, 6.45) is 5.78. The van der Waals surface area contributed by atoms with Crippen molar-refractivity contribution in [3.8, 4) is 0 Å². The number of carbonyl (C=O) groups is 1. The average Bonchev–Trinajstić information content (AvgIpc) is 3.02. The number of anilines is 1. The molecule has 0 saturated heterocycles. The van der Waals surface area contributed by atoms with Gasteiger partial charge in [0.1, 0.15) is 5.82 Å². The van der Waals surface area contributed by atoms with E-state index >= 15 is 0 Å². The molecule has 0 bridgehead atoms. The van der Waals surface area contributed by atoms with Gasteiger partial charge in [0.05, 0.1) is 0 Å². The summed E-state index contributed by atoms with van der Waals surface area (Å²) >= 11 is 0. The van der Waals surface area contributed by atoms with Crippen LogP contribution in [0.1, 0.15) is 28.7 Å². The van der Waals surface area contributed by atoms with E-state index in [1.165, 1.54) is 11.3 Å². The number of rotatable bonds is 4. The molecule has 4 heteroatoms. The summed E-state index contributed by atoms with van der Waals surface area (Å²) in [4.78, 5) is 18.2. The van der Waals surface area contributed by atoms with Crippen LogP contribution in [0, 0.1) is 0 Å². The van der Waals surface area contributed by atoms with E-state index in [1.54, 1.807) is 6.92 Å². The van der Waals surface area contributed by atoms with Crippen LogP contribution >= 0.6 is 0 Å². The Morgan fingerprint density at radius 3 is 2.95 bits per heavy atom. The van der Waals surface area contributed by atoms with Crippen LogP contribution in [-0.4, -0.2) is 28.4 Å². The molecule has 0 N–H and O–H groups in total. The first-order valence-electron chi connectivity index (χ1n) is 7.00. The molecule has 1 aromatic carbocycles. The number of ketones is 1. The van der Waals surface area contributed by atoms with Crippen LogP contribution < -0.4 is 4.90 Å². The van der Waals surface area contributed by atoms with Gasteiger partial charge in [0.15, 0.2) is 5.78 Å². The Bertz CT molecular complexity index is 645. The fourth-order valence-electron chi connectivity index (χ4n) is 2.79. The quantitative estimate of drug-likeness (QED) is 0.799. The lowest BCUT2D eigenvalue weighted by Crippen LogP contribution is -2.24. The Kier molecular flexibility index (Phi) is 3.30. The summed E-state index contributed by atoms with van der Waals surface area (Å²) in [5, 5.41) is 0. The zero-order valence-electron chi connectivity index (χ0n) is 12.0. The number of imidazole rings is 1. The van der Waals surface area contributed by atoms with Crippen molar-refractivity contribution in [3.05, 3.63) is 47.5 Å². The molecule has 0 fully saturated rings. The molecule has 3 rings (SSSR count). The Morgan fingerprint density at radius 1 is 1.40 bits per heavy atom. The van der Waals surface area contributed by atoms with Gasteiger partial charge in [0.25, 0.3) is 0 Å². The van der Waals surface area contributed by atoms with Crippen LogP contribution in [0.2, 0.25) is 0 Å². The topological polar surface area (TPSA) is 38.1 Å². The Balaban J connectivity index is 1.73. The highest BCUT2D eigenvalue weighted by Gasteiger charge is 2.20. The first-order valence-corrected chi connectivity index (χ1v) is 7.00. The molecule has 0 atom stereocenters. The molecule has 0 unspecified atom stereocenters. The molecular weight excluding hydrogens is 250 g/mol. The van der Waals surface area contributed by atoms with Crippen molar-refractivity contribution in [1.29, 1.82) is 0 Å². The number of aryl methyl sites for hydroxylation is 1. The monoisotopic (exact) mass is 269 g/mol. The maximum Gasteiger partial charge on any atom is 0.159 e. The molecule has 2 heterocycles. The third-order valence-corrected chi connectivity index (χ3v) is 4.00. The van der Waals surface area contributed by atoms with Gasteiger partial charge in [-0.05, 0) is 37.1 Å². The van der Waals surface area contributed by atoms with Gasteiger partial charge in [-0.15, -0.1) is 0 Å². The van der Waals surface area contributed by atoms with Gasteiger partial charge >= 0.3 is 0 Å². The molecule has 1 aromatic heterocycles. The lowest BCUT2D eigenvalue weighted by Gasteiger charge is -2.19. The average molecular weight is 269 g/mol. The number of nitrogens with zero attached hydrogens (tertiary/aromatic N) is 3. The molecule has 0 aliphatic carbocycles. The SMILES string of the molecule is CC(=O)c1ccc2c(c1)CCN2CCc1nccn1C. The zero-order chi connectivity index (χ0) is 14.1. The Morgan fingerprint density at radius 2 is 2.25 bits per heavy atom. The third kappa shape index (κ3) is 2.33. The number of hydrogen-bond donors (Lipinski definition) is 0. The number of Topliss-reactive ketones (excluding diaryl/α,β-unsaturated/α-hetero) is 1. The fraction of sp³-hybridized carbons (Fsp3) is 0.375. The second-order valence-corrected chi connectivity index (χ2v) is 5.34. The van der Waals surface area contributed by atoms with E-state index in [9.17, 15) is 4.79 Å². The van der Waals surface area contributed by atoms with E-state index in [0.29, 0.717) is 0 Å². The molecule has 0 saturated carbocycles. The fourth-order valence-corrected chi connectivity index (χ4v) is 2.79. The van der Waals surface area contributed by atoms with Gasteiger partial charge in [-0.1, -0.05) is 0 Å². The van der Waals surface area contributed by atoms with Gasteiger partial charge in [-0.25, -0.2) is 4.98 Å². The van der Waals surface area contributed by atoms with Crippen molar-refractivity contribution in [2.45, 2.75) is 19.8 Å². The molecule has 104 valence electrons. The first-order chi connectivity index (χ1) is 9.65. The minimum atomic E-state index is 0.138. The van der Waals surface area contributed by atoms with Crippen molar-refractivity contribution >= 4 is 11.5 Å². The van der Waals surface area contributed by atoms with Crippen LogP contribution in [0.3, 0.4) is 0 Å².